The molecule has 0 saturated heterocycles. The van der Waals surface area contributed by atoms with E-state index >= 15 is 0 Å². The highest BCUT2D eigenvalue weighted by Gasteiger charge is 2.16. The summed E-state index contributed by atoms with van der Waals surface area (Å²) in [5, 5.41) is 9.13. The van der Waals surface area contributed by atoms with Gasteiger partial charge in [0.1, 0.15) is 11.1 Å². The minimum Gasteiger partial charge on any atom is -0.425 e. The van der Waals surface area contributed by atoms with Crippen molar-refractivity contribution < 1.29 is 4.74 Å². The molecule has 27 heavy (non-hydrogen) atoms. The summed E-state index contributed by atoms with van der Waals surface area (Å²) in [5.41, 5.74) is 2.20. The van der Waals surface area contributed by atoms with Crippen LogP contribution in [0.3, 0.4) is 0 Å². The second-order valence-corrected chi connectivity index (χ2v) is 6.68. The summed E-state index contributed by atoms with van der Waals surface area (Å²) in [6, 6.07) is 9.77. The number of ether oxygens (including phenoxy) is 1. The van der Waals surface area contributed by atoms with Crippen LogP contribution in [-0.4, -0.2) is 29.1 Å². The lowest BCUT2D eigenvalue weighted by atomic mass is 10.1. The number of hydrogen-bond donors (Lipinski definition) is 0. The summed E-state index contributed by atoms with van der Waals surface area (Å²) in [6.45, 7) is 3.98. The molecule has 3 heterocycles. The molecular weight excluding hydrogens is 344 g/mol. The second kappa shape index (κ2) is 6.39. The molecule has 0 radical (unpaired) electrons. The molecule has 0 atom stereocenters. The lowest BCUT2D eigenvalue weighted by Crippen LogP contribution is -2.20. The van der Waals surface area contributed by atoms with Gasteiger partial charge in [-0.1, -0.05) is 0 Å². The first-order chi connectivity index (χ1) is 12.9. The molecule has 1 aromatic carbocycles. The number of nitrogens with zero attached hydrogens (tertiary/aromatic N) is 6. The zero-order valence-corrected chi connectivity index (χ0v) is 15.6. The summed E-state index contributed by atoms with van der Waals surface area (Å²) in [7, 11) is 3.52. The Kier molecular flexibility index (Phi) is 4.02. The van der Waals surface area contributed by atoms with Crippen LogP contribution in [0.25, 0.3) is 22.3 Å². The molecule has 0 amide bonds. The van der Waals surface area contributed by atoms with Gasteiger partial charge in [0.15, 0.2) is 5.65 Å². The maximum Gasteiger partial charge on any atom is 0.306 e. The molecule has 4 aromatic rings. The molecule has 0 aliphatic rings. The molecule has 3 aromatic heterocycles. The van der Waals surface area contributed by atoms with Gasteiger partial charge in [-0.3, -0.25) is 14.0 Å². The molecule has 0 saturated carbocycles. The van der Waals surface area contributed by atoms with E-state index in [1.54, 1.807) is 22.6 Å². The Morgan fingerprint density at radius 3 is 2.44 bits per heavy atom. The van der Waals surface area contributed by atoms with Crippen LogP contribution < -0.4 is 10.3 Å². The summed E-state index contributed by atoms with van der Waals surface area (Å²) in [5.74, 6) is 0.590. The third-order valence-corrected chi connectivity index (χ3v) is 4.35. The van der Waals surface area contributed by atoms with E-state index in [4.69, 9.17) is 4.74 Å². The lowest BCUT2D eigenvalue weighted by Gasteiger charge is -2.11. The molecule has 0 unspecified atom stereocenters. The van der Waals surface area contributed by atoms with E-state index in [9.17, 15) is 4.79 Å². The van der Waals surface area contributed by atoms with Crippen LogP contribution in [0, 0.1) is 0 Å². The van der Waals surface area contributed by atoms with Gasteiger partial charge >= 0.3 is 6.01 Å². The van der Waals surface area contributed by atoms with E-state index in [2.05, 4.69) is 15.2 Å². The molecule has 0 N–H and O–H groups in total. The van der Waals surface area contributed by atoms with E-state index in [0.29, 0.717) is 16.8 Å². The predicted molar refractivity (Wildman–Crippen MR) is 102 cm³/mol. The Morgan fingerprint density at radius 1 is 1.07 bits per heavy atom. The normalized spacial score (nSPS) is 11.4. The number of aromatic nitrogens is 6. The first kappa shape index (κ1) is 17.0. The Morgan fingerprint density at radius 2 is 1.81 bits per heavy atom. The van der Waals surface area contributed by atoms with E-state index in [1.165, 1.54) is 4.57 Å². The van der Waals surface area contributed by atoms with Crippen LogP contribution in [0.4, 0.5) is 0 Å². The highest BCUT2D eigenvalue weighted by molar-refractivity contribution is 5.73. The quantitative estimate of drug-likeness (QED) is 0.556. The van der Waals surface area contributed by atoms with E-state index in [1.807, 2.05) is 57.4 Å². The van der Waals surface area contributed by atoms with E-state index in [0.717, 1.165) is 11.3 Å². The molecule has 8 nitrogen and oxygen atoms in total. The van der Waals surface area contributed by atoms with Gasteiger partial charge in [-0.05, 0) is 44.2 Å². The number of rotatable bonds is 4. The van der Waals surface area contributed by atoms with Crippen molar-refractivity contribution >= 4 is 11.0 Å². The Balaban J connectivity index is 1.69. The van der Waals surface area contributed by atoms with Crippen molar-refractivity contribution in [1.29, 1.82) is 0 Å². The molecule has 138 valence electrons. The van der Waals surface area contributed by atoms with Crippen LogP contribution in [0.1, 0.15) is 19.9 Å². The van der Waals surface area contributed by atoms with Crippen LogP contribution >= 0.6 is 0 Å². The largest absolute Gasteiger partial charge is 0.425 e. The summed E-state index contributed by atoms with van der Waals surface area (Å²) in [6.07, 6.45) is 3.45. The fourth-order valence-electron chi connectivity index (χ4n) is 2.89. The Hall–Kier alpha value is -3.42. The molecule has 0 aliphatic heterocycles. The second-order valence-electron chi connectivity index (χ2n) is 6.68. The molecule has 0 fully saturated rings. The van der Waals surface area contributed by atoms with Crippen LogP contribution in [0.5, 0.6) is 11.8 Å². The van der Waals surface area contributed by atoms with Crippen molar-refractivity contribution in [3.05, 3.63) is 53.1 Å². The van der Waals surface area contributed by atoms with Crippen molar-refractivity contribution in [1.82, 2.24) is 29.1 Å². The zero-order valence-electron chi connectivity index (χ0n) is 15.6. The number of hydrogen-bond acceptors (Lipinski definition) is 5. The van der Waals surface area contributed by atoms with E-state index in [-0.39, 0.29) is 17.6 Å². The van der Waals surface area contributed by atoms with E-state index < -0.39 is 0 Å². The van der Waals surface area contributed by atoms with Crippen LogP contribution in [-0.2, 0) is 14.1 Å². The highest BCUT2D eigenvalue weighted by atomic mass is 16.5. The van der Waals surface area contributed by atoms with Gasteiger partial charge in [0.05, 0.1) is 11.9 Å². The standard InChI is InChI=1S/C19H20N6O2/c1-12(2)25-17-15(11-20-25)18(26)24(4)19(21-17)27-14-7-5-13(6-8-14)16-9-10-23(3)22-16/h5-12H,1-4H3. The maximum absolute atomic E-state index is 12.6. The number of benzene rings is 1. The monoisotopic (exact) mass is 364 g/mol. The molecule has 0 spiro atoms. The highest BCUT2D eigenvalue weighted by Crippen LogP contribution is 2.24. The van der Waals surface area contributed by atoms with Gasteiger partial charge in [0.25, 0.3) is 5.56 Å². The molecular formula is C19H20N6O2. The molecule has 0 bridgehead atoms. The summed E-state index contributed by atoms with van der Waals surface area (Å²) >= 11 is 0. The van der Waals surface area contributed by atoms with Crippen molar-refractivity contribution in [3.63, 3.8) is 0 Å². The predicted octanol–water partition coefficient (Wildman–Crippen LogP) is 2.90. The van der Waals surface area contributed by atoms with Gasteiger partial charge in [0.2, 0.25) is 0 Å². The lowest BCUT2D eigenvalue weighted by molar-refractivity contribution is 0.413. The van der Waals surface area contributed by atoms with Gasteiger partial charge in [-0.2, -0.15) is 15.2 Å². The van der Waals surface area contributed by atoms with Gasteiger partial charge in [-0.15, -0.1) is 0 Å². The number of fused-ring (bicyclic) bond motifs is 1. The average Bonchev–Trinajstić information content (AvgIpc) is 3.26. The smallest absolute Gasteiger partial charge is 0.306 e. The third-order valence-electron chi connectivity index (χ3n) is 4.35. The first-order valence-electron chi connectivity index (χ1n) is 8.66. The fourth-order valence-corrected chi connectivity index (χ4v) is 2.89. The fraction of sp³-hybridized carbons (Fsp3) is 0.263. The van der Waals surface area contributed by atoms with Gasteiger partial charge in [-0.25, -0.2) is 4.68 Å². The van der Waals surface area contributed by atoms with Crippen molar-refractivity contribution in [2.24, 2.45) is 14.1 Å². The van der Waals surface area contributed by atoms with Crippen molar-refractivity contribution in [2.75, 3.05) is 0 Å². The molecule has 8 heteroatoms. The SMILES string of the molecule is CC(C)n1ncc2c(=O)n(C)c(Oc3ccc(-c4ccn(C)n4)cc3)nc21. The maximum atomic E-state index is 12.6. The average molecular weight is 364 g/mol. The summed E-state index contributed by atoms with van der Waals surface area (Å²) in [4.78, 5) is 17.1. The van der Waals surface area contributed by atoms with Crippen LogP contribution in [0.15, 0.2) is 47.5 Å². The third kappa shape index (κ3) is 2.99. The van der Waals surface area contributed by atoms with Crippen molar-refractivity contribution in [3.8, 4) is 23.0 Å². The first-order valence-corrected chi connectivity index (χ1v) is 8.66. The Labute approximate surface area is 155 Å². The van der Waals surface area contributed by atoms with Crippen molar-refractivity contribution in [2.45, 2.75) is 19.9 Å². The zero-order chi connectivity index (χ0) is 19.1. The number of aryl methyl sites for hydroxylation is 1. The minimum atomic E-state index is -0.188. The van der Waals surface area contributed by atoms with Gasteiger partial charge < -0.3 is 4.74 Å². The summed E-state index contributed by atoms with van der Waals surface area (Å²) < 4.78 is 10.7. The van der Waals surface area contributed by atoms with Gasteiger partial charge in [0, 0.05) is 31.9 Å². The molecule has 0 aliphatic carbocycles. The minimum absolute atomic E-state index is 0.0904. The Bertz CT molecular complexity index is 1170. The molecule has 4 rings (SSSR count). The topological polar surface area (TPSA) is 79.8 Å². The van der Waals surface area contributed by atoms with Crippen LogP contribution in [0.2, 0.25) is 0 Å².